The second-order valence-electron chi connectivity index (χ2n) is 4.87. The molecule has 1 saturated heterocycles. The maximum Gasteiger partial charge on any atom is 0.203 e. The smallest absolute Gasteiger partial charge is 0.203 e. The highest BCUT2D eigenvalue weighted by Crippen LogP contribution is 2.31. The molecule has 0 saturated carbocycles. The fourth-order valence-electron chi connectivity index (χ4n) is 2.19. The van der Waals surface area contributed by atoms with Crippen molar-refractivity contribution >= 4 is 0 Å². The van der Waals surface area contributed by atoms with Crippen LogP contribution < -0.4 is 4.74 Å². The normalized spacial score (nSPS) is 36.3. The van der Waals surface area contributed by atoms with Crippen LogP contribution in [0.5, 0.6) is 5.75 Å². The molecule has 5 atom stereocenters. The highest BCUT2D eigenvalue weighted by molar-refractivity contribution is 5.21. The Labute approximate surface area is 107 Å². The van der Waals surface area contributed by atoms with Gasteiger partial charge in [0.05, 0.1) is 12.7 Å². The van der Waals surface area contributed by atoms with Crippen molar-refractivity contribution < 1.29 is 19.7 Å². The Morgan fingerprint density at radius 3 is 2.44 bits per heavy atom. The van der Waals surface area contributed by atoms with E-state index < -0.39 is 18.5 Å². The third-order valence-electron chi connectivity index (χ3n) is 3.66. The minimum absolute atomic E-state index is 0.0182. The third kappa shape index (κ3) is 2.66. The number of hydrogen-bond acceptors (Lipinski definition) is 4. The Morgan fingerprint density at radius 2 is 1.83 bits per heavy atom. The molecule has 2 rings (SSSR count). The van der Waals surface area contributed by atoms with Gasteiger partial charge in [-0.05, 0) is 18.1 Å². The van der Waals surface area contributed by atoms with Gasteiger partial charge in [0.1, 0.15) is 11.9 Å². The van der Waals surface area contributed by atoms with Crippen molar-refractivity contribution in [3.63, 3.8) is 0 Å². The number of aliphatic hydroxyl groups is 2. The van der Waals surface area contributed by atoms with Crippen LogP contribution in [0.15, 0.2) is 30.3 Å². The number of benzene rings is 1. The van der Waals surface area contributed by atoms with Gasteiger partial charge in [-0.2, -0.15) is 0 Å². The molecule has 4 heteroatoms. The molecule has 0 radical (unpaired) electrons. The maximum absolute atomic E-state index is 9.95. The quantitative estimate of drug-likeness (QED) is 0.854. The molecule has 100 valence electrons. The van der Waals surface area contributed by atoms with E-state index >= 15 is 0 Å². The second-order valence-corrected chi connectivity index (χ2v) is 4.87. The Kier molecular flexibility index (Phi) is 4.22. The van der Waals surface area contributed by atoms with Gasteiger partial charge in [0.25, 0.3) is 0 Å². The summed E-state index contributed by atoms with van der Waals surface area (Å²) in [5.74, 6) is 0.808. The topological polar surface area (TPSA) is 58.9 Å². The predicted octanol–water partition coefficient (Wildman–Crippen LogP) is 1.42. The summed E-state index contributed by atoms with van der Waals surface area (Å²) in [6, 6.07) is 9.43. The van der Waals surface area contributed by atoms with E-state index in [1.165, 1.54) is 0 Å². The summed E-state index contributed by atoms with van der Waals surface area (Å²) >= 11 is 0. The zero-order chi connectivity index (χ0) is 13.1. The van der Waals surface area contributed by atoms with E-state index in [4.69, 9.17) is 9.47 Å². The lowest BCUT2D eigenvalue weighted by Gasteiger charge is -2.41. The van der Waals surface area contributed by atoms with E-state index in [0.717, 1.165) is 5.75 Å². The van der Waals surface area contributed by atoms with E-state index in [9.17, 15) is 10.2 Å². The predicted molar refractivity (Wildman–Crippen MR) is 67.2 cm³/mol. The van der Waals surface area contributed by atoms with Crippen LogP contribution in [0.2, 0.25) is 0 Å². The summed E-state index contributed by atoms with van der Waals surface area (Å²) in [7, 11) is 0. The Bertz CT molecular complexity index is 365. The van der Waals surface area contributed by atoms with Gasteiger partial charge in [-0.25, -0.2) is 0 Å². The average Bonchev–Trinajstić information content (AvgIpc) is 2.40. The van der Waals surface area contributed by atoms with E-state index in [1.807, 2.05) is 44.2 Å². The van der Waals surface area contributed by atoms with E-state index in [2.05, 4.69) is 0 Å². The molecule has 1 aromatic carbocycles. The monoisotopic (exact) mass is 252 g/mol. The third-order valence-corrected chi connectivity index (χ3v) is 3.66. The van der Waals surface area contributed by atoms with Crippen molar-refractivity contribution in [1.82, 2.24) is 0 Å². The zero-order valence-corrected chi connectivity index (χ0v) is 10.7. The van der Waals surface area contributed by atoms with Crippen LogP contribution in [0.3, 0.4) is 0 Å². The summed E-state index contributed by atoms with van der Waals surface area (Å²) < 4.78 is 11.4. The lowest BCUT2D eigenvalue weighted by molar-refractivity contribution is -0.239. The summed E-state index contributed by atoms with van der Waals surface area (Å²) in [6.07, 6.45) is -1.67. The Hall–Kier alpha value is -1.10. The van der Waals surface area contributed by atoms with E-state index in [1.54, 1.807) is 0 Å². The molecule has 0 aliphatic carbocycles. The van der Waals surface area contributed by atoms with Crippen molar-refractivity contribution in [1.29, 1.82) is 0 Å². The fraction of sp³-hybridized carbons (Fsp3) is 0.571. The molecule has 0 spiro atoms. The molecule has 0 bridgehead atoms. The molecule has 1 unspecified atom stereocenters. The van der Waals surface area contributed by atoms with Gasteiger partial charge in [0, 0.05) is 5.92 Å². The first-order valence-electron chi connectivity index (χ1n) is 6.29. The molecule has 1 fully saturated rings. The maximum atomic E-state index is 9.95. The van der Waals surface area contributed by atoms with Gasteiger partial charge in [0.15, 0.2) is 0 Å². The molecular weight excluding hydrogens is 232 g/mol. The molecule has 1 aliphatic heterocycles. The fourth-order valence-corrected chi connectivity index (χ4v) is 2.19. The number of rotatable bonds is 3. The van der Waals surface area contributed by atoms with Crippen LogP contribution in [0.1, 0.15) is 13.8 Å². The van der Waals surface area contributed by atoms with Gasteiger partial charge in [-0.15, -0.1) is 0 Å². The van der Waals surface area contributed by atoms with E-state index in [0.29, 0.717) is 0 Å². The van der Waals surface area contributed by atoms with Gasteiger partial charge >= 0.3 is 0 Å². The van der Waals surface area contributed by atoms with Crippen LogP contribution in [0.25, 0.3) is 0 Å². The first-order valence-corrected chi connectivity index (χ1v) is 6.29. The number of hydrogen-bond donors (Lipinski definition) is 2. The van der Waals surface area contributed by atoms with Crippen LogP contribution in [0.4, 0.5) is 0 Å². The molecule has 1 aromatic rings. The molecule has 0 amide bonds. The lowest BCUT2D eigenvalue weighted by atomic mass is 9.85. The highest BCUT2D eigenvalue weighted by Gasteiger charge is 2.41. The largest absolute Gasteiger partial charge is 0.465 e. The molecule has 1 heterocycles. The SMILES string of the molecule is CC1[C@H](Oc2ccccc2)O[C@H](CO)[C@@H](O)[C@@H]1C. The van der Waals surface area contributed by atoms with Gasteiger partial charge in [-0.1, -0.05) is 32.0 Å². The molecule has 2 N–H and O–H groups in total. The summed E-state index contributed by atoms with van der Waals surface area (Å²) in [6.45, 7) is 3.73. The van der Waals surface area contributed by atoms with Crippen molar-refractivity contribution in [2.24, 2.45) is 11.8 Å². The first kappa shape index (κ1) is 13.3. The standard InChI is InChI=1S/C14H20O4/c1-9-10(2)14(18-12(8-15)13(9)16)17-11-6-4-3-5-7-11/h3-7,9-10,12-16H,8H2,1-2H3/t9-,10?,12-,13+,14-/m1/s1. The minimum Gasteiger partial charge on any atom is -0.465 e. The van der Waals surface area contributed by atoms with Gasteiger partial charge in [-0.3, -0.25) is 0 Å². The summed E-state index contributed by atoms with van der Waals surface area (Å²) in [4.78, 5) is 0. The molecule has 18 heavy (non-hydrogen) atoms. The van der Waals surface area contributed by atoms with Crippen LogP contribution in [0, 0.1) is 11.8 Å². The molecule has 1 aliphatic rings. The lowest BCUT2D eigenvalue weighted by Crippen LogP contribution is -2.52. The van der Waals surface area contributed by atoms with E-state index in [-0.39, 0.29) is 18.4 Å². The number of ether oxygens (including phenoxy) is 2. The van der Waals surface area contributed by atoms with Gasteiger partial charge < -0.3 is 19.7 Å². The Balaban J connectivity index is 2.08. The zero-order valence-electron chi connectivity index (χ0n) is 10.7. The number of para-hydroxylation sites is 1. The van der Waals surface area contributed by atoms with Crippen molar-refractivity contribution in [3.05, 3.63) is 30.3 Å². The van der Waals surface area contributed by atoms with Crippen molar-refractivity contribution in [2.75, 3.05) is 6.61 Å². The molecular formula is C14H20O4. The average molecular weight is 252 g/mol. The van der Waals surface area contributed by atoms with Crippen LogP contribution >= 0.6 is 0 Å². The minimum atomic E-state index is -0.652. The summed E-state index contributed by atoms with van der Waals surface area (Å²) in [5.41, 5.74) is 0. The second kappa shape index (κ2) is 5.69. The van der Waals surface area contributed by atoms with Crippen LogP contribution in [-0.4, -0.2) is 35.3 Å². The van der Waals surface area contributed by atoms with Crippen molar-refractivity contribution in [3.8, 4) is 5.75 Å². The van der Waals surface area contributed by atoms with Crippen LogP contribution in [-0.2, 0) is 4.74 Å². The molecule has 0 aromatic heterocycles. The Morgan fingerprint density at radius 1 is 1.17 bits per heavy atom. The van der Waals surface area contributed by atoms with Gasteiger partial charge in [0.2, 0.25) is 6.29 Å². The number of aliphatic hydroxyl groups excluding tert-OH is 2. The first-order chi connectivity index (χ1) is 8.63. The summed E-state index contributed by atoms with van der Waals surface area (Å²) in [5, 5.41) is 19.2. The molecule has 4 nitrogen and oxygen atoms in total. The highest BCUT2D eigenvalue weighted by atomic mass is 16.7. The van der Waals surface area contributed by atoms with Crippen molar-refractivity contribution in [2.45, 2.75) is 32.3 Å².